The van der Waals surface area contributed by atoms with Crippen LogP contribution in [0, 0.1) is 0 Å². The summed E-state index contributed by atoms with van der Waals surface area (Å²) in [6.45, 7) is 2.28. The number of rotatable bonds is 7. The van der Waals surface area contributed by atoms with Crippen LogP contribution in [-0.2, 0) is 14.3 Å². The van der Waals surface area contributed by atoms with E-state index in [-0.39, 0.29) is 6.04 Å². The molecule has 1 heterocycles. The highest BCUT2D eigenvalue weighted by atomic mass is 16.5. The van der Waals surface area contributed by atoms with Crippen LogP contribution in [0.5, 0.6) is 0 Å². The first-order chi connectivity index (χ1) is 15.4. The van der Waals surface area contributed by atoms with E-state index in [1.807, 2.05) is 19.0 Å². The van der Waals surface area contributed by atoms with Crippen LogP contribution in [0.3, 0.4) is 0 Å². The Morgan fingerprint density at radius 1 is 0.969 bits per heavy atom. The average molecular weight is 439 g/mol. The number of amides is 2. The molecule has 170 valence electrons. The van der Waals surface area contributed by atoms with Crippen molar-refractivity contribution in [1.29, 1.82) is 0 Å². The van der Waals surface area contributed by atoms with E-state index in [0.29, 0.717) is 17.8 Å². The molecule has 3 rings (SSSR count). The van der Waals surface area contributed by atoms with Crippen LogP contribution in [0.2, 0.25) is 0 Å². The molecule has 0 bridgehead atoms. The van der Waals surface area contributed by atoms with Crippen molar-refractivity contribution in [2.75, 3.05) is 51.1 Å². The third kappa shape index (κ3) is 5.85. The first-order valence-corrected chi connectivity index (χ1v) is 10.7. The van der Waals surface area contributed by atoms with Crippen LogP contribution in [0.4, 0.5) is 11.4 Å². The highest BCUT2D eigenvalue weighted by Crippen LogP contribution is 2.26. The lowest BCUT2D eigenvalue weighted by Gasteiger charge is -2.28. The molecule has 2 N–H and O–H groups in total. The monoisotopic (exact) mass is 438 g/mol. The van der Waals surface area contributed by atoms with Crippen molar-refractivity contribution in [2.24, 2.45) is 0 Å². The number of ether oxygens (including phenoxy) is 1. The Labute approximate surface area is 188 Å². The Bertz CT molecular complexity index is 935. The fourth-order valence-corrected chi connectivity index (χ4v) is 3.77. The van der Waals surface area contributed by atoms with Crippen LogP contribution in [-0.4, -0.2) is 63.5 Å². The van der Waals surface area contributed by atoms with Gasteiger partial charge in [0.15, 0.2) is 0 Å². The number of esters is 1. The predicted octanol–water partition coefficient (Wildman–Crippen LogP) is 2.43. The van der Waals surface area contributed by atoms with Gasteiger partial charge in [-0.25, -0.2) is 4.79 Å². The van der Waals surface area contributed by atoms with Crippen molar-refractivity contribution in [2.45, 2.75) is 18.9 Å². The zero-order valence-corrected chi connectivity index (χ0v) is 18.8. The number of carbonyl (C=O) groups excluding carboxylic acids is 3. The van der Waals surface area contributed by atoms with Crippen LogP contribution in [0.1, 0.15) is 34.8 Å². The molecule has 8 heteroatoms. The van der Waals surface area contributed by atoms with Gasteiger partial charge in [0.2, 0.25) is 0 Å². The molecule has 0 aliphatic carbocycles. The summed E-state index contributed by atoms with van der Waals surface area (Å²) in [5.41, 5.74) is 3.00. The maximum Gasteiger partial charge on any atom is 0.337 e. The summed E-state index contributed by atoms with van der Waals surface area (Å²) in [7, 11) is 5.29. The number of nitrogens with zero attached hydrogens (tertiary/aromatic N) is 2. The first kappa shape index (κ1) is 23.3. The topological polar surface area (TPSA) is 91.0 Å². The number of methoxy groups -OCH3 is 1. The van der Waals surface area contributed by atoms with Gasteiger partial charge in [-0.1, -0.05) is 12.1 Å². The number of benzene rings is 2. The molecule has 1 aliphatic heterocycles. The molecule has 1 aliphatic rings. The molecule has 1 fully saturated rings. The van der Waals surface area contributed by atoms with Crippen molar-refractivity contribution in [3.8, 4) is 0 Å². The summed E-state index contributed by atoms with van der Waals surface area (Å²) in [4.78, 5) is 40.7. The molecule has 2 aromatic carbocycles. The highest BCUT2D eigenvalue weighted by molar-refractivity contribution is 6.39. The maximum atomic E-state index is 12.4. The average Bonchev–Trinajstić information content (AvgIpc) is 3.34. The van der Waals surface area contributed by atoms with Crippen molar-refractivity contribution in [3.05, 3.63) is 59.7 Å². The van der Waals surface area contributed by atoms with E-state index < -0.39 is 17.8 Å². The van der Waals surface area contributed by atoms with Gasteiger partial charge in [0, 0.05) is 32.0 Å². The number of carbonyl (C=O) groups is 3. The largest absolute Gasteiger partial charge is 0.465 e. The molecule has 1 saturated heterocycles. The molecule has 2 aromatic rings. The molecular weight excluding hydrogens is 408 g/mol. The van der Waals surface area contributed by atoms with Gasteiger partial charge < -0.3 is 20.3 Å². The maximum absolute atomic E-state index is 12.4. The minimum atomic E-state index is -0.751. The van der Waals surface area contributed by atoms with Gasteiger partial charge in [-0.05, 0) is 67.9 Å². The zero-order valence-electron chi connectivity index (χ0n) is 18.8. The lowest BCUT2D eigenvalue weighted by molar-refractivity contribution is -0.136. The second-order valence-electron chi connectivity index (χ2n) is 7.98. The molecule has 0 saturated carbocycles. The second-order valence-corrected chi connectivity index (χ2v) is 7.98. The van der Waals surface area contributed by atoms with Gasteiger partial charge in [0.1, 0.15) is 0 Å². The minimum absolute atomic E-state index is 0.00445. The van der Waals surface area contributed by atoms with Crippen LogP contribution in [0.15, 0.2) is 48.5 Å². The summed E-state index contributed by atoms with van der Waals surface area (Å²) in [5.74, 6) is -1.91. The smallest absolute Gasteiger partial charge is 0.337 e. The number of likely N-dealkylation sites (tertiary alicyclic amines) is 1. The number of hydrogen-bond donors (Lipinski definition) is 2. The third-order valence-electron chi connectivity index (χ3n) is 5.60. The van der Waals surface area contributed by atoms with Crippen molar-refractivity contribution < 1.29 is 19.1 Å². The van der Waals surface area contributed by atoms with E-state index in [2.05, 4.69) is 44.5 Å². The molecule has 2 amide bonds. The van der Waals surface area contributed by atoms with Crippen LogP contribution < -0.4 is 15.5 Å². The molecule has 32 heavy (non-hydrogen) atoms. The van der Waals surface area contributed by atoms with Gasteiger partial charge in [-0.3, -0.25) is 14.5 Å². The van der Waals surface area contributed by atoms with Gasteiger partial charge in [0.05, 0.1) is 18.7 Å². The SMILES string of the molecule is COC(=O)c1ccc(NC(=O)C(=O)NCC(c2ccc(N(C)C)cc2)N2CCCC2)cc1. The van der Waals surface area contributed by atoms with Crippen LogP contribution in [0.25, 0.3) is 0 Å². The van der Waals surface area contributed by atoms with Gasteiger partial charge in [-0.2, -0.15) is 0 Å². The second kappa shape index (κ2) is 10.8. The normalized spacial score (nSPS) is 14.5. The lowest BCUT2D eigenvalue weighted by Crippen LogP contribution is -2.41. The Kier molecular flexibility index (Phi) is 7.83. The third-order valence-corrected chi connectivity index (χ3v) is 5.60. The van der Waals surface area contributed by atoms with E-state index in [1.165, 1.54) is 19.2 Å². The number of anilines is 2. The molecule has 8 nitrogen and oxygen atoms in total. The van der Waals surface area contributed by atoms with Gasteiger partial charge >= 0.3 is 17.8 Å². The highest BCUT2D eigenvalue weighted by Gasteiger charge is 2.25. The standard InChI is InChI=1S/C24H30N4O4/c1-27(2)20-12-8-17(9-13-20)21(28-14-4-5-15-28)16-25-22(29)23(30)26-19-10-6-18(7-11-19)24(31)32-3/h6-13,21H,4-5,14-16H2,1-3H3,(H,25,29)(H,26,30). The van der Waals surface area contributed by atoms with Crippen molar-refractivity contribution >= 4 is 29.2 Å². The summed E-state index contributed by atoms with van der Waals surface area (Å²) in [6, 6.07) is 14.4. The Morgan fingerprint density at radius 2 is 1.59 bits per heavy atom. The van der Waals surface area contributed by atoms with E-state index in [0.717, 1.165) is 37.2 Å². The lowest BCUT2D eigenvalue weighted by atomic mass is 10.0. The summed E-state index contributed by atoms with van der Waals surface area (Å²) in [6.07, 6.45) is 2.25. The number of nitrogens with one attached hydrogen (secondary N) is 2. The Balaban J connectivity index is 1.61. The van der Waals surface area contributed by atoms with E-state index in [1.54, 1.807) is 12.1 Å². The molecule has 1 atom stereocenters. The number of hydrogen-bond acceptors (Lipinski definition) is 6. The fraction of sp³-hybridized carbons (Fsp3) is 0.375. The quantitative estimate of drug-likeness (QED) is 0.510. The molecule has 1 unspecified atom stereocenters. The Hall–Kier alpha value is -3.39. The summed E-state index contributed by atoms with van der Waals surface area (Å²) < 4.78 is 4.65. The van der Waals surface area contributed by atoms with Gasteiger partial charge in [0.25, 0.3) is 0 Å². The zero-order chi connectivity index (χ0) is 23.1. The molecule has 0 radical (unpaired) electrons. The predicted molar refractivity (Wildman–Crippen MR) is 124 cm³/mol. The van der Waals surface area contributed by atoms with E-state index in [9.17, 15) is 14.4 Å². The van der Waals surface area contributed by atoms with Crippen molar-refractivity contribution in [1.82, 2.24) is 10.2 Å². The Morgan fingerprint density at radius 3 is 2.16 bits per heavy atom. The van der Waals surface area contributed by atoms with E-state index >= 15 is 0 Å². The summed E-state index contributed by atoms with van der Waals surface area (Å²) >= 11 is 0. The van der Waals surface area contributed by atoms with Crippen LogP contribution >= 0.6 is 0 Å². The molecule has 0 spiro atoms. The molecule has 0 aromatic heterocycles. The first-order valence-electron chi connectivity index (χ1n) is 10.7. The fourth-order valence-electron chi connectivity index (χ4n) is 3.77. The molecular formula is C24H30N4O4. The van der Waals surface area contributed by atoms with Gasteiger partial charge in [-0.15, -0.1) is 0 Å². The van der Waals surface area contributed by atoms with Crippen molar-refractivity contribution in [3.63, 3.8) is 0 Å². The minimum Gasteiger partial charge on any atom is -0.465 e. The summed E-state index contributed by atoms with van der Waals surface area (Å²) in [5, 5.41) is 5.33. The van der Waals surface area contributed by atoms with E-state index in [4.69, 9.17) is 0 Å².